The third-order valence-corrected chi connectivity index (χ3v) is 4.87. The van der Waals surface area contributed by atoms with E-state index in [1.165, 1.54) is 6.07 Å². The number of hydrogen-bond donors (Lipinski definition) is 0. The van der Waals surface area contributed by atoms with E-state index in [-0.39, 0.29) is 5.82 Å². The van der Waals surface area contributed by atoms with Crippen LogP contribution in [0.2, 0.25) is 0 Å². The Morgan fingerprint density at radius 3 is 2.29 bits per heavy atom. The smallest absolute Gasteiger partial charge is 0.318 e. The first-order valence-electron chi connectivity index (χ1n) is 9.17. The number of carbonyl (C=O) groups excluding carboxylic acids is 1. The van der Waals surface area contributed by atoms with Gasteiger partial charge in [-0.3, -0.25) is 4.79 Å². The first-order chi connectivity index (χ1) is 13.6. The summed E-state index contributed by atoms with van der Waals surface area (Å²) in [6.45, 7) is 1.72. The molecule has 0 bridgehead atoms. The van der Waals surface area contributed by atoms with Crippen molar-refractivity contribution in [2.24, 2.45) is 0 Å². The Labute approximate surface area is 163 Å². The predicted molar refractivity (Wildman–Crippen MR) is 110 cm³/mol. The minimum absolute atomic E-state index is 0.353. The molecule has 0 heterocycles. The lowest BCUT2D eigenvalue weighted by Crippen LogP contribution is -2.16. The highest BCUT2D eigenvalue weighted by Gasteiger charge is 2.19. The molecule has 4 rings (SSSR count). The molecule has 0 spiro atoms. The molecule has 4 aromatic carbocycles. The van der Waals surface area contributed by atoms with Gasteiger partial charge < -0.3 is 4.74 Å². The van der Waals surface area contributed by atoms with Crippen molar-refractivity contribution in [2.45, 2.75) is 12.8 Å². The molecule has 4 aromatic rings. The molecule has 3 heteroatoms. The fourth-order valence-corrected chi connectivity index (χ4v) is 3.22. The molecular formula is C25H19FO2. The fourth-order valence-electron chi connectivity index (χ4n) is 3.22. The summed E-state index contributed by atoms with van der Waals surface area (Å²) >= 11 is 0. The molecule has 0 radical (unpaired) electrons. The predicted octanol–water partition coefficient (Wildman–Crippen LogP) is 6.36. The maximum absolute atomic E-state index is 14.6. The summed E-state index contributed by atoms with van der Waals surface area (Å²) < 4.78 is 20.1. The second-order valence-electron chi connectivity index (χ2n) is 6.76. The second kappa shape index (κ2) is 7.65. The van der Waals surface area contributed by atoms with Gasteiger partial charge in [0.05, 0.1) is 5.92 Å². The van der Waals surface area contributed by atoms with Crippen LogP contribution >= 0.6 is 0 Å². The van der Waals surface area contributed by atoms with Crippen LogP contribution in [0.15, 0.2) is 91.0 Å². The Morgan fingerprint density at radius 1 is 0.821 bits per heavy atom. The van der Waals surface area contributed by atoms with E-state index in [4.69, 9.17) is 4.74 Å². The normalized spacial score (nSPS) is 11.9. The number of ether oxygens (including phenoxy) is 1. The Kier molecular flexibility index (Phi) is 4.90. The second-order valence-corrected chi connectivity index (χ2v) is 6.76. The lowest BCUT2D eigenvalue weighted by atomic mass is 9.97. The van der Waals surface area contributed by atoms with Crippen molar-refractivity contribution in [1.29, 1.82) is 0 Å². The summed E-state index contributed by atoms with van der Waals surface area (Å²) in [6.07, 6.45) is 0. The third-order valence-electron chi connectivity index (χ3n) is 4.87. The van der Waals surface area contributed by atoms with Gasteiger partial charge in [0, 0.05) is 5.56 Å². The average Bonchev–Trinajstić information content (AvgIpc) is 2.73. The van der Waals surface area contributed by atoms with Gasteiger partial charge in [0.15, 0.2) is 0 Å². The van der Waals surface area contributed by atoms with Gasteiger partial charge in [-0.2, -0.15) is 0 Å². The quantitative estimate of drug-likeness (QED) is 0.309. The molecule has 0 amide bonds. The SMILES string of the molecule is C[C@@H](C(=O)Oc1ccc2ccccc2c1)c1ccc(-c2ccccc2)c(F)c1. The van der Waals surface area contributed by atoms with E-state index >= 15 is 0 Å². The van der Waals surface area contributed by atoms with Crippen LogP contribution in [0, 0.1) is 5.82 Å². The van der Waals surface area contributed by atoms with Gasteiger partial charge in [-0.15, -0.1) is 0 Å². The monoisotopic (exact) mass is 370 g/mol. The van der Waals surface area contributed by atoms with E-state index in [1.807, 2.05) is 66.7 Å². The van der Waals surface area contributed by atoms with Crippen molar-refractivity contribution in [1.82, 2.24) is 0 Å². The highest BCUT2D eigenvalue weighted by atomic mass is 19.1. The molecule has 0 aliphatic heterocycles. The molecule has 0 fully saturated rings. The Hall–Kier alpha value is -3.46. The van der Waals surface area contributed by atoms with Gasteiger partial charge in [0.1, 0.15) is 11.6 Å². The molecule has 0 unspecified atom stereocenters. The summed E-state index contributed by atoms with van der Waals surface area (Å²) in [7, 11) is 0. The van der Waals surface area contributed by atoms with Crippen LogP contribution in [0.5, 0.6) is 5.75 Å². The summed E-state index contributed by atoms with van der Waals surface area (Å²) in [5.74, 6) is -0.862. The molecule has 0 aliphatic carbocycles. The van der Waals surface area contributed by atoms with Crippen LogP contribution in [-0.2, 0) is 4.79 Å². The van der Waals surface area contributed by atoms with Crippen LogP contribution in [-0.4, -0.2) is 5.97 Å². The molecule has 1 atom stereocenters. The van der Waals surface area contributed by atoms with Crippen molar-refractivity contribution < 1.29 is 13.9 Å². The van der Waals surface area contributed by atoms with Crippen molar-refractivity contribution >= 4 is 16.7 Å². The minimum Gasteiger partial charge on any atom is -0.426 e. The van der Waals surface area contributed by atoms with E-state index in [2.05, 4.69) is 0 Å². The zero-order valence-electron chi connectivity index (χ0n) is 15.4. The van der Waals surface area contributed by atoms with Crippen molar-refractivity contribution in [3.63, 3.8) is 0 Å². The van der Waals surface area contributed by atoms with Crippen LogP contribution in [0.25, 0.3) is 21.9 Å². The molecule has 138 valence electrons. The van der Waals surface area contributed by atoms with E-state index < -0.39 is 11.9 Å². The maximum atomic E-state index is 14.6. The molecular weight excluding hydrogens is 351 g/mol. The van der Waals surface area contributed by atoms with Gasteiger partial charge >= 0.3 is 5.97 Å². The van der Waals surface area contributed by atoms with Crippen LogP contribution in [0.4, 0.5) is 4.39 Å². The zero-order chi connectivity index (χ0) is 19.5. The molecule has 0 aromatic heterocycles. The van der Waals surface area contributed by atoms with Gasteiger partial charge in [-0.25, -0.2) is 4.39 Å². The molecule has 0 aliphatic rings. The summed E-state index contributed by atoms with van der Waals surface area (Å²) in [5.41, 5.74) is 1.90. The molecule has 0 saturated heterocycles. The fraction of sp³-hybridized carbons (Fsp3) is 0.0800. The number of hydrogen-bond acceptors (Lipinski definition) is 2. The topological polar surface area (TPSA) is 26.3 Å². The highest BCUT2D eigenvalue weighted by Crippen LogP contribution is 2.28. The first kappa shape index (κ1) is 17.9. The average molecular weight is 370 g/mol. The summed E-state index contributed by atoms with van der Waals surface area (Å²) in [4.78, 5) is 12.6. The van der Waals surface area contributed by atoms with E-state index in [0.29, 0.717) is 16.9 Å². The van der Waals surface area contributed by atoms with Gasteiger partial charge in [-0.1, -0.05) is 72.8 Å². The van der Waals surface area contributed by atoms with Crippen molar-refractivity contribution in [3.8, 4) is 16.9 Å². The van der Waals surface area contributed by atoms with Gasteiger partial charge in [0.2, 0.25) is 0 Å². The van der Waals surface area contributed by atoms with E-state index in [0.717, 1.165) is 16.3 Å². The lowest BCUT2D eigenvalue weighted by molar-refractivity contribution is -0.135. The Bertz CT molecular complexity index is 1140. The zero-order valence-corrected chi connectivity index (χ0v) is 15.4. The number of carbonyl (C=O) groups is 1. The Morgan fingerprint density at radius 2 is 1.54 bits per heavy atom. The van der Waals surface area contributed by atoms with Gasteiger partial charge in [-0.05, 0) is 47.0 Å². The van der Waals surface area contributed by atoms with Crippen LogP contribution in [0.3, 0.4) is 0 Å². The highest BCUT2D eigenvalue weighted by molar-refractivity contribution is 5.86. The lowest BCUT2D eigenvalue weighted by Gasteiger charge is -2.13. The number of esters is 1. The van der Waals surface area contributed by atoms with Gasteiger partial charge in [0.25, 0.3) is 0 Å². The minimum atomic E-state index is -0.578. The van der Waals surface area contributed by atoms with E-state index in [1.54, 1.807) is 25.1 Å². The van der Waals surface area contributed by atoms with Crippen LogP contribution < -0.4 is 4.74 Å². The number of halogens is 1. The summed E-state index contributed by atoms with van der Waals surface area (Å²) in [6, 6.07) is 27.6. The maximum Gasteiger partial charge on any atom is 0.318 e. The molecule has 2 nitrogen and oxygen atoms in total. The van der Waals surface area contributed by atoms with Crippen molar-refractivity contribution in [2.75, 3.05) is 0 Å². The standard InChI is InChI=1S/C25H19FO2/c1-17(20-12-14-23(24(26)16-20)19-8-3-2-4-9-19)25(27)28-22-13-11-18-7-5-6-10-21(18)15-22/h2-17H,1H3/t17-/m1/s1. The van der Waals surface area contributed by atoms with Crippen LogP contribution in [0.1, 0.15) is 18.4 Å². The Balaban J connectivity index is 1.54. The first-order valence-corrected chi connectivity index (χ1v) is 9.17. The van der Waals surface area contributed by atoms with E-state index in [9.17, 15) is 9.18 Å². The number of benzene rings is 4. The molecule has 0 N–H and O–H groups in total. The molecule has 0 saturated carbocycles. The summed E-state index contributed by atoms with van der Waals surface area (Å²) in [5, 5.41) is 2.08. The third kappa shape index (κ3) is 3.65. The molecule has 28 heavy (non-hydrogen) atoms. The number of rotatable bonds is 4. The number of fused-ring (bicyclic) bond motifs is 1. The largest absolute Gasteiger partial charge is 0.426 e. The van der Waals surface area contributed by atoms with Crippen molar-refractivity contribution in [3.05, 3.63) is 102 Å².